The van der Waals surface area contributed by atoms with Gasteiger partial charge in [0.15, 0.2) is 11.5 Å². The SMILES string of the molecule is COc1cc(Cl)cc(CNc2ccc(S(N)(=O)=O)cc2)c1OC(C)C. The van der Waals surface area contributed by atoms with Crippen LogP contribution in [0.2, 0.25) is 5.02 Å². The zero-order valence-corrected chi connectivity index (χ0v) is 15.8. The molecule has 0 saturated carbocycles. The molecule has 25 heavy (non-hydrogen) atoms. The van der Waals surface area contributed by atoms with Crippen LogP contribution < -0.4 is 19.9 Å². The van der Waals surface area contributed by atoms with E-state index in [2.05, 4.69) is 5.32 Å². The van der Waals surface area contributed by atoms with Gasteiger partial charge in [-0.25, -0.2) is 13.6 Å². The predicted octanol–water partition coefficient (Wildman–Crippen LogP) is 3.40. The molecule has 0 unspecified atom stereocenters. The van der Waals surface area contributed by atoms with E-state index in [4.69, 9.17) is 26.2 Å². The van der Waals surface area contributed by atoms with E-state index in [1.807, 2.05) is 13.8 Å². The van der Waals surface area contributed by atoms with E-state index in [9.17, 15) is 8.42 Å². The Morgan fingerprint density at radius 1 is 1.20 bits per heavy atom. The van der Waals surface area contributed by atoms with Crippen molar-refractivity contribution in [3.05, 3.63) is 47.0 Å². The fourth-order valence-electron chi connectivity index (χ4n) is 2.23. The van der Waals surface area contributed by atoms with Crippen LogP contribution in [0.4, 0.5) is 5.69 Å². The Bertz CT molecular complexity index is 836. The van der Waals surface area contributed by atoms with Crippen molar-refractivity contribution in [1.29, 1.82) is 0 Å². The molecular formula is C17H21ClN2O4S. The number of hydrogen-bond donors (Lipinski definition) is 2. The molecule has 2 aromatic rings. The Balaban J connectivity index is 2.23. The Hall–Kier alpha value is -1.96. The van der Waals surface area contributed by atoms with E-state index in [1.54, 1.807) is 31.4 Å². The van der Waals surface area contributed by atoms with Gasteiger partial charge in [0.05, 0.1) is 18.1 Å². The van der Waals surface area contributed by atoms with Gasteiger partial charge in [-0.05, 0) is 44.2 Å². The van der Waals surface area contributed by atoms with Gasteiger partial charge in [-0.1, -0.05) is 11.6 Å². The van der Waals surface area contributed by atoms with Gasteiger partial charge in [-0.15, -0.1) is 0 Å². The van der Waals surface area contributed by atoms with Crippen LogP contribution >= 0.6 is 11.6 Å². The van der Waals surface area contributed by atoms with Crippen molar-refractivity contribution < 1.29 is 17.9 Å². The second-order valence-electron chi connectivity index (χ2n) is 5.69. The first-order chi connectivity index (χ1) is 11.7. The Kier molecular flexibility index (Phi) is 6.16. The molecule has 3 N–H and O–H groups in total. The molecule has 0 heterocycles. The first-order valence-electron chi connectivity index (χ1n) is 7.60. The fourth-order valence-corrected chi connectivity index (χ4v) is 2.98. The Morgan fingerprint density at radius 2 is 1.84 bits per heavy atom. The molecule has 0 atom stereocenters. The molecule has 0 saturated heterocycles. The maximum atomic E-state index is 11.3. The van der Waals surface area contributed by atoms with Crippen molar-refractivity contribution in [3.8, 4) is 11.5 Å². The second kappa shape index (κ2) is 7.95. The number of nitrogens with two attached hydrogens (primary N) is 1. The predicted molar refractivity (Wildman–Crippen MR) is 98.9 cm³/mol. The summed E-state index contributed by atoms with van der Waals surface area (Å²) >= 11 is 6.15. The van der Waals surface area contributed by atoms with Gasteiger partial charge in [-0.3, -0.25) is 0 Å². The molecule has 2 aromatic carbocycles. The molecule has 0 aliphatic heterocycles. The zero-order chi connectivity index (χ0) is 18.6. The van der Waals surface area contributed by atoms with E-state index in [0.717, 1.165) is 11.3 Å². The lowest BCUT2D eigenvalue weighted by atomic mass is 10.1. The maximum Gasteiger partial charge on any atom is 0.238 e. The van der Waals surface area contributed by atoms with Crippen LogP contribution in [0.1, 0.15) is 19.4 Å². The number of hydrogen-bond acceptors (Lipinski definition) is 5. The Labute approximate surface area is 152 Å². The van der Waals surface area contributed by atoms with Gasteiger partial charge in [0.2, 0.25) is 10.0 Å². The lowest BCUT2D eigenvalue weighted by Gasteiger charge is -2.18. The highest BCUT2D eigenvalue weighted by atomic mass is 35.5. The number of nitrogens with one attached hydrogen (secondary N) is 1. The summed E-state index contributed by atoms with van der Waals surface area (Å²) in [6, 6.07) is 9.68. The number of ether oxygens (including phenoxy) is 2. The van der Waals surface area contributed by atoms with Crippen molar-refractivity contribution in [3.63, 3.8) is 0 Å². The van der Waals surface area contributed by atoms with Crippen LogP contribution in [-0.4, -0.2) is 21.6 Å². The summed E-state index contributed by atoms with van der Waals surface area (Å²) in [5.74, 6) is 1.18. The van der Waals surface area contributed by atoms with Gasteiger partial charge in [0.25, 0.3) is 0 Å². The molecule has 8 heteroatoms. The van der Waals surface area contributed by atoms with Crippen molar-refractivity contribution in [2.24, 2.45) is 5.14 Å². The third kappa shape index (κ3) is 5.26. The Morgan fingerprint density at radius 3 is 2.36 bits per heavy atom. The molecule has 6 nitrogen and oxygen atoms in total. The van der Waals surface area contributed by atoms with E-state index in [-0.39, 0.29) is 11.0 Å². The number of rotatable bonds is 7. The standard InChI is InChI=1S/C17H21ClN2O4S/c1-11(2)24-17-12(8-13(18)9-16(17)23-3)10-20-14-4-6-15(7-5-14)25(19,21)22/h4-9,11,20H,10H2,1-3H3,(H2,19,21,22). The number of primary sulfonamides is 1. The van der Waals surface area contributed by atoms with Gasteiger partial charge in [-0.2, -0.15) is 0 Å². The molecule has 0 aliphatic carbocycles. The van der Waals surface area contributed by atoms with E-state index >= 15 is 0 Å². The number of methoxy groups -OCH3 is 1. The highest BCUT2D eigenvalue weighted by Gasteiger charge is 2.14. The number of sulfonamides is 1. The highest BCUT2D eigenvalue weighted by Crippen LogP contribution is 2.36. The lowest BCUT2D eigenvalue weighted by Crippen LogP contribution is -2.12. The molecule has 2 rings (SSSR count). The molecule has 0 fully saturated rings. The summed E-state index contributed by atoms with van der Waals surface area (Å²) < 4.78 is 33.8. The highest BCUT2D eigenvalue weighted by molar-refractivity contribution is 7.89. The molecule has 136 valence electrons. The summed E-state index contributed by atoms with van der Waals surface area (Å²) in [6.45, 7) is 4.28. The quantitative estimate of drug-likeness (QED) is 0.763. The van der Waals surface area contributed by atoms with Gasteiger partial charge in [0.1, 0.15) is 0 Å². The smallest absolute Gasteiger partial charge is 0.238 e. The molecule has 0 amide bonds. The second-order valence-corrected chi connectivity index (χ2v) is 7.68. The van der Waals surface area contributed by atoms with Gasteiger partial charge >= 0.3 is 0 Å². The largest absolute Gasteiger partial charge is 0.493 e. The summed E-state index contributed by atoms with van der Waals surface area (Å²) in [4.78, 5) is 0.0614. The molecular weight excluding hydrogens is 364 g/mol. The number of benzene rings is 2. The van der Waals surface area contributed by atoms with Crippen molar-refractivity contribution in [2.75, 3.05) is 12.4 Å². The first kappa shape index (κ1) is 19.4. The van der Waals surface area contributed by atoms with E-state index < -0.39 is 10.0 Å². The normalized spacial score (nSPS) is 11.4. The average Bonchev–Trinajstić information content (AvgIpc) is 2.53. The van der Waals surface area contributed by atoms with Crippen molar-refractivity contribution >= 4 is 27.3 Å². The van der Waals surface area contributed by atoms with Crippen LogP contribution in [0.3, 0.4) is 0 Å². The minimum Gasteiger partial charge on any atom is -0.493 e. The zero-order valence-electron chi connectivity index (χ0n) is 14.2. The van der Waals surface area contributed by atoms with E-state index in [1.165, 1.54) is 12.1 Å². The molecule has 0 bridgehead atoms. The fraction of sp³-hybridized carbons (Fsp3) is 0.294. The topological polar surface area (TPSA) is 90.6 Å². The average molecular weight is 385 g/mol. The minimum atomic E-state index is -3.70. The molecule has 0 aliphatic rings. The third-order valence-electron chi connectivity index (χ3n) is 3.34. The molecule has 0 aromatic heterocycles. The monoisotopic (exact) mass is 384 g/mol. The number of halogens is 1. The lowest BCUT2D eigenvalue weighted by molar-refractivity contribution is 0.228. The van der Waals surface area contributed by atoms with Crippen LogP contribution in [0.5, 0.6) is 11.5 Å². The first-order valence-corrected chi connectivity index (χ1v) is 9.53. The summed E-state index contributed by atoms with van der Waals surface area (Å²) in [5.41, 5.74) is 1.57. The number of anilines is 1. The van der Waals surface area contributed by atoms with Crippen LogP contribution in [0.15, 0.2) is 41.3 Å². The van der Waals surface area contributed by atoms with E-state index in [0.29, 0.717) is 23.1 Å². The van der Waals surface area contributed by atoms with Crippen molar-refractivity contribution in [1.82, 2.24) is 0 Å². The summed E-state index contributed by atoms with van der Waals surface area (Å²) in [5, 5.41) is 8.83. The molecule has 0 spiro atoms. The summed E-state index contributed by atoms with van der Waals surface area (Å²) in [6.07, 6.45) is -0.0251. The van der Waals surface area contributed by atoms with Gasteiger partial charge < -0.3 is 14.8 Å². The van der Waals surface area contributed by atoms with Crippen molar-refractivity contribution in [2.45, 2.75) is 31.4 Å². The third-order valence-corrected chi connectivity index (χ3v) is 4.48. The van der Waals surface area contributed by atoms with Crippen LogP contribution in [-0.2, 0) is 16.6 Å². The van der Waals surface area contributed by atoms with Crippen LogP contribution in [0, 0.1) is 0 Å². The maximum absolute atomic E-state index is 11.3. The minimum absolute atomic E-state index is 0.0251. The van der Waals surface area contributed by atoms with Crippen LogP contribution in [0.25, 0.3) is 0 Å². The molecule has 0 radical (unpaired) electrons. The summed E-state index contributed by atoms with van der Waals surface area (Å²) in [7, 11) is -2.15. The van der Waals surface area contributed by atoms with Gasteiger partial charge in [0, 0.05) is 28.9 Å².